The maximum atomic E-state index is 6.10. The molecule has 4 aromatic rings. The van der Waals surface area contributed by atoms with Gasteiger partial charge < -0.3 is 9.64 Å². The van der Waals surface area contributed by atoms with Gasteiger partial charge in [0.25, 0.3) is 0 Å². The molecule has 0 bridgehead atoms. The molecule has 154 valence electrons. The first-order valence-corrected chi connectivity index (χ1v) is 10.8. The van der Waals surface area contributed by atoms with Crippen LogP contribution in [0.5, 0.6) is 0 Å². The van der Waals surface area contributed by atoms with Crippen molar-refractivity contribution in [3.8, 4) is 0 Å². The summed E-state index contributed by atoms with van der Waals surface area (Å²) in [6.45, 7) is 3.61. The fourth-order valence-corrected chi connectivity index (χ4v) is 4.49. The molecule has 2 atom stereocenters. The molecule has 32 heavy (non-hydrogen) atoms. The minimum atomic E-state index is -0.384. The predicted molar refractivity (Wildman–Crippen MR) is 125 cm³/mol. The average Bonchev–Trinajstić information content (AvgIpc) is 3.62. The molecule has 0 aromatic heterocycles. The van der Waals surface area contributed by atoms with E-state index in [0.29, 0.717) is 13.2 Å². The van der Waals surface area contributed by atoms with Crippen LogP contribution in [0.2, 0.25) is 0 Å². The molecule has 0 N–H and O–H groups in total. The summed E-state index contributed by atoms with van der Waals surface area (Å²) in [4.78, 5) is 2.46. The van der Waals surface area contributed by atoms with Crippen LogP contribution in [-0.2, 0) is 16.9 Å². The molecule has 1 fully saturated rings. The second-order valence-electron chi connectivity index (χ2n) is 7.93. The number of ether oxygens (including phenoxy) is 1. The van der Waals surface area contributed by atoms with Crippen molar-refractivity contribution in [1.29, 1.82) is 0 Å². The van der Waals surface area contributed by atoms with Gasteiger partial charge in [-0.05, 0) is 22.3 Å². The van der Waals surface area contributed by atoms with E-state index in [0.717, 1.165) is 0 Å². The molecule has 0 amide bonds. The van der Waals surface area contributed by atoms with Gasteiger partial charge >= 0.3 is 18.9 Å². The van der Waals surface area contributed by atoms with E-state index < -0.39 is 0 Å². The van der Waals surface area contributed by atoms with Gasteiger partial charge in [0.1, 0.15) is 0 Å². The monoisotopic (exact) mass is 411 g/mol. The van der Waals surface area contributed by atoms with Crippen LogP contribution >= 0.6 is 0 Å². The second kappa shape index (κ2) is 10.3. The third-order valence-electron chi connectivity index (χ3n) is 5.96. The van der Waals surface area contributed by atoms with E-state index in [9.17, 15) is 0 Å². The Labute approximate surface area is 203 Å². The van der Waals surface area contributed by atoms with E-state index in [1.807, 2.05) is 6.07 Å². The molecule has 1 saturated heterocycles. The van der Waals surface area contributed by atoms with Gasteiger partial charge in [0.15, 0.2) is 0 Å². The summed E-state index contributed by atoms with van der Waals surface area (Å²) in [5.74, 6) is 0. The summed E-state index contributed by atoms with van der Waals surface area (Å²) >= 11 is 0. The van der Waals surface area contributed by atoms with Crippen molar-refractivity contribution in [2.24, 2.45) is 0 Å². The summed E-state index contributed by atoms with van der Waals surface area (Å²) < 4.78 is 6.10. The maximum absolute atomic E-state index is 6.10. The Morgan fingerprint density at radius 2 is 1.03 bits per heavy atom. The Hall–Kier alpha value is -2.60. The van der Waals surface area contributed by atoms with Gasteiger partial charge in [-0.25, -0.2) is 6.54 Å². The number of benzene rings is 4. The third kappa shape index (κ3) is 4.46. The summed E-state index contributed by atoms with van der Waals surface area (Å²) in [6.07, 6.45) is 0. The van der Waals surface area contributed by atoms with Crippen molar-refractivity contribution in [3.05, 3.63) is 150 Å². The van der Waals surface area contributed by atoms with Crippen LogP contribution in [0.25, 0.3) is 0 Å². The number of hydrogen-bond donors (Lipinski definition) is 0. The molecule has 3 heteroatoms. The first kappa shape index (κ1) is 22.6. The Balaban J connectivity index is 0.00000245. The van der Waals surface area contributed by atoms with Crippen molar-refractivity contribution in [2.75, 3.05) is 6.61 Å². The topological polar surface area (TPSA) is 12.2 Å². The molecule has 1 unspecified atom stereocenters. The largest absolute Gasteiger partial charge is 1.00 e. The molecule has 5 rings (SSSR count). The Kier molecular flexibility index (Phi) is 7.30. The summed E-state index contributed by atoms with van der Waals surface area (Å²) in [6, 6.07) is 43.0. The maximum Gasteiger partial charge on any atom is 1.00 e. The van der Waals surface area contributed by atoms with Gasteiger partial charge in [-0.1, -0.05) is 121 Å². The van der Waals surface area contributed by atoms with Crippen molar-refractivity contribution in [1.82, 2.24) is 4.90 Å². The smallest absolute Gasteiger partial charge is 0.458 e. The molecular formula is C29H26LiNO. The molecule has 0 spiro atoms. The number of hydrogen-bond acceptors (Lipinski definition) is 2. The van der Waals surface area contributed by atoms with Crippen LogP contribution in [0, 0.1) is 6.54 Å². The van der Waals surface area contributed by atoms with E-state index in [1.54, 1.807) is 0 Å². The first-order valence-electron chi connectivity index (χ1n) is 10.8. The Bertz CT molecular complexity index is 990. The Morgan fingerprint density at radius 3 is 1.47 bits per heavy atom. The predicted octanol–water partition coefficient (Wildman–Crippen LogP) is 3.05. The minimum Gasteiger partial charge on any atom is -0.458 e. The van der Waals surface area contributed by atoms with E-state index >= 15 is 0 Å². The molecule has 1 heterocycles. The summed E-state index contributed by atoms with van der Waals surface area (Å²) in [7, 11) is 0. The fourth-order valence-electron chi connectivity index (χ4n) is 4.49. The second-order valence-corrected chi connectivity index (χ2v) is 7.93. The standard InChI is InChI=1S/C29H26NO.Li/c1-5-13-24(14-6-1)22-31-23-28-21-30(28)29(25-15-7-2-8-16-25,26-17-9-3-10-18-26)27-19-11-4-12-20-27;/h1-21,28H,22-23H2;/q-1;+1/t28-,30?;/m1./s1. The van der Waals surface area contributed by atoms with E-state index in [1.165, 1.54) is 22.3 Å². The van der Waals surface area contributed by atoms with Crippen LogP contribution < -0.4 is 18.9 Å². The number of nitrogens with zero attached hydrogens (tertiary/aromatic N) is 1. The van der Waals surface area contributed by atoms with Crippen molar-refractivity contribution < 1.29 is 23.6 Å². The van der Waals surface area contributed by atoms with Crippen molar-refractivity contribution >= 4 is 0 Å². The quantitative estimate of drug-likeness (QED) is 0.191. The molecule has 0 saturated carbocycles. The molecule has 0 aliphatic carbocycles. The first-order chi connectivity index (χ1) is 15.4. The van der Waals surface area contributed by atoms with Crippen molar-refractivity contribution in [2.45, 2.75) is 18.2 Å². The molecule has 1 aliphatic rings. The van der Waals surface area contributed by atoms with Gasteiger partial charge in [-0.2, -0.15) is 0 Å². The molecule has 0 radical (unpaired) electrons. The fraction of sp³-hybridized carbons (Fsp3) is 0.138. The molecule has 4 aromatic carbocycles. The molecule has 1 aliphatic heterocycles. The SMILES string of the molecule is [Li+].c1ccc(COC[C@H]2[CH-]N2C(c2ccccc2)(c2ccccc2)c2ccccc2)cc1. The van der Waals surface area contributed by atoms with Gasteiger partial charge in [-0.3, -0.25) is 0 Å². The van der Waals surface area contributed by atoms with E-state index in [2.05, 4.69) is 127 Å². The van der Waals surface area contributed by atoms with Gasteiger partial charge in [-0.15, -0.1) is 6.04 Å². The normalized spacial score (nSPS) is 17.4. The van der Waals surface area contributed by atoms with Gasteiger partial charge in [0.2, 0.25) is 0 Å². The van der Waals surface area contributed by atoms with Crippen molar-refractivity contribution in [3.63, 3.8) is 0 Å². The number of rotatable bonds is 8. The van der Waals surface area contributed by atoms with Crippen LogP contribution in [0.15, 0.2) is 121 Å². The zero-order chi connectivity index (χ0) is 20.9. The zero-order valence-corrected chi connectivity index (χ0v) is 18.5. The summed E-state index contributed by atoms with van der Waals surface area (Å²) in [5, 5.41) is 0. The van der Waals surface area contributed by atoms with Gasteiger partial charge in [0.05, 0.1) is 12.1 Å². The van der Waals surface area contributed by atoms with E-state index in [-0.39, 0.29) is 30.4 Å². The van der Waals surface area contributed by atoms with Crippen LogP contribution in [-0.4, -0.2) is 17.5 Å². The van der Waals surface area contributed by atoms with Crippen LogP contribution in [0.1, 0.15) is 22.3 Å². The average molecular weight is 411 g/mol. The molecule has 2 nitrogen and oxygen atoms in total. The van der Waals surface area contributed by atoms with Gasteiger partial charge in [0, 0.05) is 6.61 Å². The minimum absolute atomic E-state index is 0. The molecular weight excluding hydrogens is 385 g/mol. The van der Waals surface area contributed by atoms with Crippen LogP contribution in [0.3, 0.4) is 0 Å². The Morgan fingerprint density at radius 1 is 0.625 bits per heavy atom. The van der Waals surface area contributed by atoms with E-state index in [4.69, 9.17) is 4.74 Å². The van der Waals surface area contributed by atoms with Crippen LogP contribution in [0.4, 0.5) is 0 Å². The summed E-state index contributed by atoms with van der Waals surface area (Å²) in [5.41, 5.74) is 4.60. The zero-order valence-electron chi connectivity index (χ0n) is 18.5. The third-order valence-corrected chi connectivity index (χ3v) is 5.96.